The number of aromatic nitrogens is 3. The molecule has 1 aromatic carbocycles. The number of carbonyl (C=O) groups excluding carboxylic acids is 1. The lowest BCUT2D eigenvalue weighted by Crippen LogP contribution is -2.45. The van der Waals surface area contributed by atoms with E-state index in [1.807, 2.05) is 24.3 Å². The topological polar surface area (TPSA) is 116 Å². The van der Waals surface area contributed by atoms with Gasteiger partial charge in [0.05, 0.1) is 11.8 Å². The van der Waals surface area contributed by atoms with E-state index in [9.17, 15) is 27.4 Å². The van der Waals surface area contributed by atoms with E-state index >= 15 is 0 Å². The molecule has 2 unspecified atom stereocenters. The van der Waals surface area contributed by atoms with Crippen molar-refractivity contribution in [2.75, 3.05) is 36.5 Å². The maximum atomic E-state index is 14.9. The van der Waals surface area contributed by atoms with Crippen molar-refractivity contribution in [1.82, 2.24) is 20.1 Å². The Labute approximate surface area is 248 Å². The summed E-state index contributed by atoms with van der Waals surface area (Å²) in [6, 6.07) is 12.3. The Bertz CT molecular complexity index is 1690. The molecule has 2 aliphatic carbocycles. The van der Waals surface area contributed by atoms with E-state index in [1.54, 1.807) is 13.2 Å². The first-order chi connectivity index (χ1) is 20.5. The fourth-order valence-electron chi connectivity index (χ4n) is 6.00. The number of pyridine rings is 1. The molecular weight excluding hydrogens is 579 g/mol. The van der Waals surface area contributed by atoms with Crippen molar-refractivity contribution < 1.29 is 22.2 Å². The van der Waals surface area contributed by atoms with Crippen LogP contribution in [0.3, 0.4) is 0 Å². The van der Waals surface area contributed by atoms with Crippen molar-refractivity contribution in [3.05, 3.63) is 60.3 Å². The zero-order chi connectivity index (χ0) is 30.4. The van der Waals surface area contributed by atoms with Crippen molar-refractivity contribution in [2.24, 2.45) is 10.3 Å². The number of halogens is 3. The number of rotatable bonds is 6. The molecule has 43 heavy (non-hydrogen) atoms. The number of carbonyl (C=O) groups is 1. The highest BCUT2D eigenvalue weighted by molar-refractivity contribution is 7.93. The number of hydrogen-bond donors (Lipinski definition) is 1. The number of amides is 1. The zero-order valence-corrected chi connectivity index (χ0v) is 24.5. The molecule has 1 amide bonds. The molecule has 226 valence electrons. The quantitative estimate of drug-likeness (QED) is 0.433. The van der Waals surface area contributed by atoms with Crippen molar-refractivity contribution in [2.45, 2.75) is 49.5 Å². The van der Waals surface area contributed by atoms with E-state index < -0.39 is 57.6 Å². The van der Waals surface area contributed by atoms with Gasteiger partial charge in [0.2, 0.25) is 11.8 Å². The van der Waals surface area contributed by atoms with Gasteiger partial charge in [0.15, 0.2) is 11.6 Å². The number of nitriles is 1. The van der Waals surface area contributed by atoms with E-state index in [0.717, 1.165) is 5.69 Å². The van der Waals surface area contributed by atoms with Gasteiger partial charge in [-0.1, -0.05) is 12.1 Å². The number of nitrogens with zero attached hydrogens (tertiary/aromatic N) is 6. The van der Waals surface area contributed by atoms with Gasteiger partial charge in [0.1, 0.15) is 5.54 Å². The van der Waals surface area contributed by atoms with Crippen LogP contribution < -0.4 is 10.2 Å². The molecule has 0 radical (unpaired) electrons. The van der Waals surface area contributed by atoms with E-state index in [0.29, 0.717) is 48.6 Å². The van der Waals surface area contributed by atoms with Crippen LogP contribution in [-0.2, 0) is 14.5 Å². The Hall–Kier alpha value is -3.92. The second kappa shape index (κ2) is 11.0. The van der Waals surface area contributed by atoms with Crippen LogP contribution in [0.25, 0.3) is 16.9 Å². The highest BCUT2D eigenvalue weighted by Crippen LogP contribution is 2.48. The SMILES string of the molecule is CN=S1(=O)CCN(c2ccc(-c3cn(-c4ncccc4F)nc3C3CC(F)(F)CCC3C(=O)NC3(C#N)CC3)cc2)CC1. The second-order valence-corrected chi connectivity index (χ2v) is 14.3. The molecule has 3 fully saturated rings. The molecule has 1 saturated heterocycles. The Kier molecular flexibility index (Phi) is 7.44. The van der Waals surface area contributed by atoms with Gasteiger partial charge < -0.3 is 10.2 Å². The molecule has 2 atom stereocenters. The standard InChI is InChI=1S/C30H32F3N7O2S/c1-35-43(42)15-13-39(14-16-43)21-6-4-20(5-7-21)24-18-40(27-25(31)3-2-12-36-27)38-26(24)23-17-30(32,33)9-8-22(23)28(41)37-29(19-34)10-11-29/h2-7,12,18,22-23H,8-11,13-17H2,1H3,(H,37,41). The lowest BCUT2D eigenvalue weighted by atomic mass is 9.74. The predicted molar refractivity (Wildman–Crippen MR) is 156 cm³/mol. The Morgan fingerprint density at radius 3 is 2.51 bits per heavy atom. The van der Waals surface area contributed by atoms with Gasteiger partial charge in [0.25, 0.3) is 0 Å². The highest BCUT2D eigenvalue weighted by atomic mass is 32.2. The molecule has 1 N–H and O–H groups in total. The lowest BCUT2D eigenvalue weighted by Gasteiger charge is -2.35. The summed E-state index contributed by atoms with van der Waals surface area (Å²) in [5.74, 6) is -5.05. The maximum absolute atomic E-state index is 14.9. The van der Waals surface area contributed by atoms with Crippen molar-refractivity contribution in [3.8, 4) is 23.0 Å². The summed E-state index contributed by atoms with van der Waals surface area (Å²) in [7, 11) is -0.584. The van der Waals surface area contributed by atoms with Crippen molar-refractivity contribution >= 4 is 21.3 Å². The summed E-state index contributed by atoms with van der Waals surface area (Å²) in [6.45, 7) is 1.19. The first-order valence-electron chi connectivity index (χ1n) is 14.3. The molecule has 3 heterocycles. The molecule has 6 rings (SSSR count). The molecule has 3 aromatic rings. The van der Waals surface area contributed by atoms with Gasteiger partial charge in [-0.05, 0) is 49.1 Å². The summed E-state index contributed by atoms with van der Waals surface area (Å²) < 4.78 is 62.6. The van der Waals surface area contributed by atoms with Crippen LogP contribution in [0.4, 0.5) is 18.9 Å². The third-order valence-electron chi connectivity index (χ3n) is 8.78. The summed E-state index contributed by atoms with van der Waals surface area (Å²) in [5.41, 5.74) is 1.38. The number of nitrogens with one attached hydrogen (secondary N) is 1. The van der Waals surface area contributed by atoms with Crippen molar-refractivity contribution in [3.63, 3.8) is 0 Å². The Morgan fingerprint density at radius 2 is 1.88 bits per heavy atom. The van der Waals surface area contributed by atoms with E-state index in [-0.39, 0.29) is 17.9 Å². The largest absolute Gasteiger partial charge is 0.370 e. The van der Waals surface area contributed by atoms with Gasteiger partial charge in [-0.3, -0.25) is 4.79 Å². The molecule has 3 aliphatic rings. The second-order valence-electron chi connectivity index (χ2n) is 11.6. The monoisotopic (exact) mass is 611 g/mol. The molecule has 0 spiro atoms. The molecule has 13 heteroatoms. The van der Waals surface area contributed by atoms with E-state index in [2.05, 4.69) is 30.7 Å². The average molecular weight is 612 g/mol. The molecule has 2 aromatic heterocycles. The molecule has 9 nitrogen and oxygen atoms in total. The van der Waals surface area contributed by atoms with Crippen LogP contribution in [0.2, 0.25) is 0 Å². The van der Waals surface area contributed by atoms with Gasteiger partial charge in [-0.25, -0.2) is 31.4 Å². The minimum absolute atomic E-state index is 0.0730. The Morgan fingerprint density at radius 1 is 1.16 bits per heavy atom. The highest BCUT2D eigenvalue weighted by Gasteiger charge is 2.50. The van der Waals surface area contributed by atoms with Crippen LogP contribution in [0.15, 0.2) is 53.2 Å². The summed E-state index contributed by atoms with van der Waals surface area (Å²) in [5, 5.41) is 16.9. The van der Waals surface area contributed by atoms with Crippen LogP contribution in [0.5, 0.6) is 0 Å². The van der Waals surface area contributed by atoms with Gasteiger partial charge in [0, 0.05) is 89.7 Å². The fourth-order valence-corrected chi connectivity index (χ4v) is 7.58. The third kappa shape index (κ3) is 5.85. The normalized spacial score (nSPS) is 23.7. The summed E-state index contributed by atoms with van der Waals surface area (Å²) in [6.07, 6.45) is 2.90. The fraction of sp³-hybridized carbons (Fsp3) is 0.467. The predicted octanol–water partition coefficient (Wildman–Crippen LogP) is 4.68. The van der Waals surface area contributed by atoms with E-state index in [1.165, 1.54) is 23.0 Å². The molecular formula is C30H32F3N7O2S. The number of hydrogen-bond acceptors (Lipinski definition) is 7. The van der Waals surface area contributed by atoms with Crippen LogP contribution in [0, 0.1) is 23.1 Å². The summed E-state index contributed by atoms with van der Waals surface area (Å²) >= 11 is 0. The van der Waals surface area contributed by atoms with Crippen LogP contribution >= 0.6 is 0 Å². The first-order valence-corrected chi connectivity index (χ1v) is 16.2. The average Bonchev–Trinajstić information content (AvgIpc) is 3.64. The maximum Gasteiger partial charge on any atom is 0.248 e. The van der Waals surface area contributed by atoms with Crippen molar-refractivity contribution in [1.29, 1.82) is 5.26 Å². The van der Waals surface area contributed by atoms with Crippen LogP contribution in [0.1, 0.15) is 43.7 Å². The lowest BCUT2D eigenvalue weighted by molar-refractivity contribution is -0.131. The minimum Gasteiger partial charge on any atom is -0.370 e. The van der Waals surface area contributed by atoms with Gasteiger partial charge >= 0.3 is 0 Å². The number of anilines is 1. The number of alkyl halides is 2. The summed E-state index contributed by atoms with van der Waals surface area (Å²) in [4.78, 5) is 19.7. The van der Waals surface area contributed by atoms with Gasteiger partial charge in [-0.2, -0.15) is 10.4 Å². The smallest absolute Gasteiger partial charge is 0.248 e. The first kappa shape index (κ1) is 29.2. The molecule has 2 saturated carbocycles. The molecule has 0 bridgehead atoms. The third-order valence-corrected chi connectivity index (χ3v) is 11.1. The van der Waals surface area contributed by atoms with E-state index in [4.69, 9.17) is 0 Å². The van der Waals surface area contributed by atoms with Gasteiger partial charge in [-0.15, -0.1) is 0 Å². The molecule has 1 aliphatic heterocycles. The Balaban J connectivity index is 1.38. The zero-order valence-electron chi connectivity index (χ0n) is 23.7. The number of benzene rings is 1. The van der Waals surface area contributed by atoms with Crippen LogP contribution in [-0.4, -0.2) is 68.0 Å². The minimum atomic E-state index is -3.02.